The summed E-state index contributed by atoms with van der Waals surface area (Å²) in [7, 11) is 0. The van der Waals surface area contributed by atoms with Gasteiger partial charge in [0.15, 0.2) is 0 Å². The molecule has 5 nitrogen and oxygen atoms in total. The minimum atomic E-state index is 0.545. The third kappa shape index (κ3) is 2.24. The van der Waals surface area contributed by atoms with E-state index in [1.165, 1.54) is 12.8 Å². The molecule has 0 radical (unpaired) electrons. The Labute approximate surface area is 108 Å². The summed E-state index contributed by atoms with van der Waals surface area (Å²) in [5, 5.41) is 0. The SMILES string of the molecule is Nc1nc(N2CCOCC2)nc(C2CC2)c1Br. The zero-order chi connectivity index (χ0) is 11.8. The van der Waals surface area contributed by atoms with Crippen molar-refractivity contribution in [2.45, 2.75) is 18.8 Å². The zero-order valence-electron chi connectivity index (χ0n) is 9.53. The highest BCUT2D eigenvalue weighted by Crippen LogP contribution is 2.43. The Morgan fingerprint density at radius 3 is 2.59 bits per heavy atom. The topological polar surface area (TPSA) is 64.3 Å². The van der Waals surface area contributed by atoms with Crippen molar-refractivity contribution in [3.05, 3.63) is 10.2 Å². The summed E-state index contributed by atoms with van der Waals surface area (Å²) < 4.78 is 6.20. The Balaban J connectivity index is 1.93. The molecule has 0 aromatic carbocycles. The van der Waals surface area contributed by atoms with Crippen LogP contribution in [0.25, 0.3) is 0 Å². The van der Waals surface area contributed by atoms with Gasteiger partial charge in [-0.05, 0) is 28.8 Å². The minimum Gasteiger partial charge on any atom is -0.383 e. The van der Waals surface area contributed by atoms with Crippen molar-refractivity contribution in [2.24, 2.45) is 0 Å². The molecule has 2 aliphatic rings. The predicted octanol–water partition coefficient (Wildman–Crippen LogP) is 1.54. The molecule has 1 saturated carbocycles. The number of rotatable bonds is 2. The number of aromatic nitrogens is 2. The van der Waals surface area contributed by atoms with Gasteiger partial charge in [-0.3, -0.25) is 0 Å². The van der Waals surface area contributed by atoms with Crippen molar-refractivity contribution >= 4 is 27.7 Å². The highest BCUT2D eigenvalue weighted by molar-refractivity contribution is 9.10. The summed E-state index contributed by atoms with van der Waals surface area (Å²) >= 11 is 3.49. The molecule has 1 aromatic heterocycles. The van der Waals surface area contributed by atoms with Crippen LogP contribution in [0, 0.1) is 0 Å². The number of nitrogens with zero attached hydrogens (tertiary/aromatic N) is 3. The molecule has 0 amide bonds. The molecule has 0 unspecified atom stereocenters. The molecule has 3 rings (SSSR count). The van der Waals surface area contributed by atoms with Crippen LogP contribution in [-0.2, 0) is 4.74 Å². The van der Waals surface area contributed by atoms with Crippen LogP contribution in [0.1, 0.15) is 24.5 Å². The van der Waals surface area contributed by atoms with Gasteiger partial charge in [-0.2, -0.15) is 4.98 Å². The number of halogens is 1. The number of anilines is 2. The van der Waals surface area contributed by atoms with Gasteiger partial charge in [0.1, 0.15) is 5.82 Å². The predicted molar refractivity (Wildman–Crippen MR) is 69.2 cm³/mol. The van der Waals surface area contributed by atoms with Crippen LogP contribution in [0.5, 0.6) is 0 Å². The Kier molecular flexibility index (Phi) is 2.92. The largest absolute Gasteiger partial charge is 0.383 e. The van der Waals surface area contributed by atoms with Gasteiger partial charge in [0.05, 0.1) is 23.4 Å². The standard InChI is InChI=1S/C11H15BrN4O/c12-8-9(7-1-2-7)14-11(15-10(8)13)16-3-5-17-6-4-16/h7H,1-6H2,(H2,13,14,15). The minimum absolute atomic E-state index is 0.545. The van der Waals surface area contributed by atoms with E-state index >= 15 is 0 Å². The van der Waals surface area contributed by atoms with E-state index < -0.39 is 0 Å². The first kappa shape index (κ1) is 11.2. The zero-order valence-corrected chi connectivity index (χ0v) is 11.1. The van der Waals surface area contributed by atoms with Gasteiger partial charge in [0.2, 0.25) is 5.95 Å². The number of hydrogen-bond acceptors (Lipinski definition) is 5. The van der Waals surface area contributed by atoms with Gasteiger partial charge in [-0.1, -0.05) is 0 Å². The van der Waals surface area contributed by atoms with Crippen molar-refractivity contribution in [3.63, 3.8) is 0 Å². The second kappa shape index (κ2) is 4.42. The highest BCUT2D eigenvalue weighted by atomic mass is 79.9. The van der Waals surface area contributed by atoms with Gasteiger partial charge in [0, 0.05) is 19.0 Å². The molecule has 1 aromatic rings. The maximum atomic E-state index is 5.94. The van der Waals surface area contributed by atoms with Crippen LogP contribution in [0.3, 0.4) is 0 Å². The van der Waals surface area contributed by atoms with E-state index in [1.54, 1.807) is 0 Å². The molecule has 1 aliphatic heterocycles. The van der Waals surface area contributed by atoms with Crippen LogP contribution in [0.15, 0.2) is 4.47 Å². The van der Waals surface area contributed by atoms with E-state index in [-0.39, 0.29) is 0 Å². The summed E-state index contributed by atoms with van der Waals surface area (Å²) in [5.41, 5.74) is 7.01. The third-order valence-electron chi connectivity index (χ3n) is 3.15. The van der Waals surface area contributed by atoms with E-state index in [4.69, 9.17) is 10.5 Å². The first-order valence-corrected chi connectivity index (χ1v) is 6.70. The first-order valence-electron chi connectivity index (χ1n) is 5.91. The summed E-state index contributed by atoms with van der Waals surface area (Å²) in [4.78, 5) is 11.1. The number of hydrogen-bond donors (Lipinski definition) is 1. The molecule has 0 bridgehead atoms. The monoisotopic (exact) mass is 298 g/mol. The normalized spacial score (nSPS) is 20.6. The lowest BCUT2D eigenvalue weighted by molar-refractivity contribution is 0.122. The second-order valence-electron chi connectivity index (χ2n) is 4.48. The number of morpholine rings is 1. The fraction of sp³-hybridized carbons (Fsp3) is 0.636. The van der Waals surface area contributed by atoms with Crippen molar-refractivity contribution < 1.29 is 4.74 Å². The molecule has 2 fully saturated rings. The quantitative estimate of drug-likeness (QED) is 0.897. The smallest absolute Gasteiger partial charge is 0.227 e. The molecule has 2 N–H and O–H groups in total. The van der Waals surface area contributed by atoms with Crippen molar-refractivity contribution in [1.29, 1.82) is 0 Å². The third-order valence-corrected chi connectivity index (χ3v) is 3.96. The summed E-state index contributed by atoms with van der Waals surface area (Å²) in [6.07, 6.45) is 2.41. The Hall–Kier alpha value is -0.880. The van der Waals surface area contributed by atoms with Gasteiger partial charge < -0.3 is 15.4 Å². The van der Waals surface area contributed by atoms with Gasteiger partial charge >= 0.3 is 0 Å². The molecular weight excluding hydrogens is 284 g/mol. The molecular formula is C11H15BrN4O. The first-order chi connectivity index (χ1) is 8.25. The maximum Gasteiger partial charge on any atom is 0.227 e. The lowest BCUT2D eigenvalue weighted by Gasteiger charge is -2.27. The van der Waals surface area contributed by atoms with Gasteiger partial charge in [-0.15, -0.1) is 0 Å². The maximum absolute atomic E-state index is 5.94. The van der Waals surface area contributed by atoms with E-state index in [9.17, 15) is 0 Å². The van der Waals surface area contributed by atoms with E-state index in [0.717, 1.165) is 42.4 Å². The highest BCUT2D eigenvalue weighted by Gasteiger charge is 2.30. The second-order valence-corrected chi connectivity index (χ2v) is 5.27. The van der Waals surface area contributed by atoms with E-state index in [1.807, 2.05) is 0 Å². The van der Waals surface area contributed by atoms with E-state index in [2.05, 4.69) is 30.8 Å². The number of nitrogens with two attached hydrogens (primary N) is 1. The Morgan fingerprint density at radius 1 is 1.24 bits per heavy atom. The van der Waals surface area contributed by atoms with Gasteiger partial charge in [0.25, 0.3) is 0 Å². The molecule has 92 valence electrons. The van der Waals surface area contributed by atoms with E-state index in [0.29, 0.717) is 11.7 Å². The summed E-state index contributed by atoms with van der Waals surface area (Å²) in [6.45, 7) is 3.15. The van der Waals surface area contributed by atoms with Crippen LogP contribution in [0.4, 0.5) is 11.8 Å². The molecule has 0 spiro atoms. The Morgan fingerprint density at radius 2 is 1.94 bits per heavy atom. The number of nitrogen functional groups attached to an aromatic ring is 1. The lowest BCUT2D eigenvalue weighted by Crippen LogP contribution is -2.37. The van der Waals surface area contributed by atoms with Gasteiger partial charge in [-0.25, -0.2) is 4.98 Å². The fourth-order valence-corrected chi connectivity index (χ4v) is 2.50. The molecule has 2 heterocycles. The molecule has 0 atom stereocenters. The van der Waals surface area contributed by atoms with Crippen molar-refractivity contribution in [2.75, 3.05) is 36.9 Å². The van der Waals surface area contributed by atoms with Crippen molar-refractivity contribution in [1.82, 2.24) is 9.97 Å². The molecule has 6 heteroatoms. The van der Waals surface area contributed by atoms with Crippen LogP contribution < -0.4 is 10.6 Å². The summed E-state index contributed by atoms with van der Waals surface area (Å²) in [6, 6.07) is 0. The van der Waals surface area contributed by atoms with Crippen LogP contribution in [0.2, 0.25) is 0 Å². The molecule has 17 heavy (non-hydrogen) atoms. The van der Waals surface area contributed by atoms with Crippen molar-refractivity contribution in [3.8, 4) is 0 Å². The van der Waals surface area contributed by atoms with Crippen LogP contribution >= 0.6 is 15.9 Å². The summed E-state index contributed by atoms with van der Waals surface area (Å²) in [5.74, 6) is 1.86. The average molecular weight is 299 g/mol. The molecule has 1 saturated heterocycles. The fourth-order valence-electron chi connectivity index (χ4n) is 2.00. The van der Waals surface area contributed by atoms with Crippen LogP contribution in [-0.4, -0.2) is 36.3 Å². The average Bonchev–Trinajstić information content (AvgIpc) is 3.18. The lowest BCUT2D eigenvalue weighted by atomic mass is 10.3. The Bertz CT molecular complexity index is 430. The number of ether oxygens (including phenoxy) is 1. The molecule has 1 aliphatic carbocycles.